The van der Waals surface area contributed by atoms with Crippen LogP contribution in [-0.2, 0) is 11.8 Å². The molecule has 1 unspecified atom stereocenters. The van der Waals surface area contributed by atoms with Gasteiger partial charge < -0.3 is 14.6 Å². The van der Waals surface area contributed by atoms with Crippen molar-refractivity contribution in [1.29, 1.82) is 0 Å². The molecule has 1 heterocycles. The molecule has 0 aromatic carbocycles. The van der Waals surface area contributed by atoms with Gasteiger partial charge in [0.2, 0.25) is 0 Å². The van der Waals surface area contributed by atoms with Crippen LogP contribution in [0.2, 0.25) is 0 Å². The van der Waals surface area contributed by atoms with Crippen LogP contribution in [0.3, 0.4) is 0 Å². The molecule has 1 N–H and O–H groups in total. The summed E-state index contributed by atoms with van der Waals surface area (Å²) in [6.07, 6.45) is 3.24. The number of rotatable bonds is 5. The molecule has 90 valence electrons. The molecule has 0 saturated heterocycles. The Bertz CT molecular complexity index is 387. The Morgan fingerprint density at radius 3 is 2.81 bits per heavy atom. The van der Waals surface area contributed by atoms with Gasteiger partial charge in [-0.25, -0.2) is 4.98 Å². The van der Waals surface area contributed by atoms with Crippen molar-refractivity contribution in [3.63, 3.8) is 0 Å². The Morgan fingerprint density at radius 2 is 2.25 bits per heavy atom. The summed E-state index contributed by atoms with van der Waals surface area (Å²) in [5, 5.41) is 3.12. The van der Waals surface area contributed by atoms with Crippen LogP contribution in [0.4, 0.5) is 5.82 Å². The molecule has 1 rings (SSSR count). The molecule has 0 aliphatic heterocycles. The second-order valence-electron chi connectivity index (χ2n) is 4.14. The topological polar surface area (TPSA) is 56.1 Å². The van der Waals surface area contributed by atoms with Gasteiger partial charge in [-0.05, 0) is 5.92 Å². The molecular formula is C11H19N3O2. The molecule has 1 aromatic rings. The maximum atomic E-state index is 11.7. The van der Waals surface area contributed by atoms with E-state index in [0.29, 0.717) is 18.3 Å². The molecule has 5 heteroatoms. The van der Waals surface area contributed by atoms with Crippen molar-refractivity contribution in [1.82, 2.24) is 9.55 Å². The Morgan fingerprint density at radius 1 is 1.56 bits per heavy atom. The standard InChI is InChI=1S/C11H19N3O2/c1-8(2)9(7-16-4)13-10-11(15)14(3)6-5-12-10/h5-6,8-9H,7H2,1-4H3,(H,12,13). The van der Waals surface area contributed by atoms with Crippen molar-refractivity contribution >= 4 is 5.82 Å². The van der Waals surface area contributed by atoms with Crippen LogP contribution in [0.5, 0.6) is 0 Å². The summed E-state index contributed by atoms with van der Waals surface area (Å²) in [6, 6.07) is 0.0904. The second-order valence-corrected chi connectivity index (χ2v) is 4.14. The van der Waals surface area contributed by atoms with Crippen molar-refractivity contribution in [3.05, 3.63) is 22.7 Å². The van der Waals surface area contributed by atoms with Crippen molar-refractivity contribution in [2.24, 2.45) is 13.0 Å². The monoisotopic (exact) mass is 225 g/mol. The molecule has 0 amide bonds. The van der Waals surface area contributed by atoms with E-state index < -0.39 is 0 Å². The predicted octanol–water partition coefficient (Wildman–Crippen LogP) is 0.863. The lowest BCUT2D eigenvalue weighted by molar-refractivity contribution is 0.171. The number of nitrogens with zero attached hydrogens (tertiary/aromatic N) is 2. The quantitative estimate of drug-likeness (QED) is 0.807. The Balaban J connectivity index is 2.85. The second kappa shape index (κ2) is 5.65. The van der Waals surface area contributed by atoms with Gasteiger partial charge in [0.25, 0.3) is 5.56 Å². The Labute approximate surface area is 95.5 Å². The average Bonchev–Trinajstić information content (AvgIpc) is 2.23. The van der Waals surface area contributed by atoms with Gasteiger partial charge in [0.15, 0.2) is 5.82 Å². The summed E-state index contributed by atoms with van der Waals surface area (Å²) in [5.41, 5.74) is -0.121. The molecule has 1 aromatic heterocycles. The first kappa shape index (κ1) is 12.7. The van der Waals surface area contributed by atoms with Crippen LogP contribution >= 0.6 is 0 Å². The summed E-state index contributed by atoms with van der Waals surface area (Å²) in [6.45, 7) is 4.70. The first-order chi connectivity index (χ1) is 7.56. The van der Waals surface area contributed by atoms with Crippen molar-refractivity contribution in [3.8, 4) is 0 Å². The highest BCUT2D eigenvalue weighted by Gasteiger charge is 2.15. The summed E-state index contributed by atoms with van der Waals surface area (Å²) in [7, 11) is 3.35. The number of hydrogen-bond acceptors (Lipinski definition) is 4. The Kier molecular flexibility index (Phi) is 4.49. The third-order valence-electron chi connectivity index (χ3n) is 2.49. The van der Waals surface area contributed by atoms with E-state index in [2.05, 4.69) is 24.1 Å². The number of nitrogens with one attached hydrogen (secondary N) is 1. The average molecular weight is 225 g/mol. The van der Waals surface area contributed by atoms with Crippen LogP contribution in [0.1, 0.15) is 13.8 Å². The minimum absolute atomic E-state index is 0.0904. The normalized spacial score (nSPS) is 12.8. The molecule has 16 heavy (non-hydrogen) atoms. The minimum Gasteiger partial charge on any atom is -0.383 e. The zero-order valence-corrected chi connectivity index (χ0v) is 10.2. The molecular weight excluding hydrogens is 206 g/mol. The van der Waals surface area contributed by atoms with Crippen LogP contribution < -0.4 is 10.9 Å². The highest BCUT2D eigenvalue weighted by Crippen LogP contribution is 2.07. The van der Waals surface area contributed by atoms with Crippen molar-refractivity contribution in [2.45, 2.75) is 19.9 Å². The van der Waals surface area contributed by atoms with Crippen LogP contribution in [0.25, 0.3) is 0 Å². The largest absolute Gasteiger partial charge is 0.383 e. The number of methoxy groups -OCH3 is 1. The summed E-state index contributed by atoms with van der Waals surface area (Å²) in [5.74, 6) is 0.743. The molecule has 0 fully saturated rings. The zero-order valence-electron chi connectivity index (χ0n) is 10.2. The molecule has 0 radical (unpaired) electrons. The number of ether oxygens (including phenoxy) is 1. The first-order valence-electron chi connectivity index (χ1n) is 5.33. The molecule has 0 saturated carbocycles. The summed E-state index contributed by atoms with van der Waals surface area (Å²) < 4.78 is 6.61. The van der Waals surface area contributed by atoms with Crippen LogP contribution in [0, 0.1) is 5.92 Å². The fourth-order valence-electron chi connectivity index (χ4n) is 1.35. The fraction of sp³-hybridized carbons (Fsp3) is 0.636. The number of hydrogen-bond donors (Lipinski definition) is 1. The van der Waals surface area contributed by atoms with E-state index in [0.717, 1.165) is 0 Å². The van der Waals surface area contributed by atoms with E-state index in [1.54, 1.807) is 26.6 Å². The van der Waals surface area contributed by atoms with Gasteiger partial charge in [-0.2, -0.15) is 0 Å². The summed E-state index contributed by atoms with van der Waals surface area (Å²) >= 11 is 0. The van der Waals surface area contributed by atoms with Crippen molar-refractivity contribution in [2.75, 3.05) is 19.0 Å². The summed E-state index contributed by atoms with van der Waals surface area (Å²) in [4.78, 5) is 15.8. The number of aryl methyl sites for hydroxylation is 1. The molecule has 5 nitrogen and oxygen atoms in total. The SMILES string of the molecule is COCC(Nc1nccn(C)c1=O)C(C)C. The molecule has 0 spiro atoms. The lowest BCUT2D eigenvalue weighted by Crippen LogP contribution is -2.34. The minimum atomic E-state index is -0.121. The fourth-order valence-corrected chi connectivity index (χ4v) is 1.35. The van der Waals surface area contributed by atoms with Crippen LogP contribution in [0.15, 0.2) is 17.2 Å². The van der Waals surface area contributed by atoms with Gasteiger partial charge >= 0.3 is 0 Å². The highest BCUT2D eigenvalue weighted by molar-refractivity contribution is 5.32. The lowest BCUT2D eigenvalue weighted by atomic mass is 10.1. The van der Waals surface area contributed by atoms with Gasteiger partial charge in [-0.1, -0.05) is 13.8 Å². The van der Waals surface area contributed by atoms with E-state index in [9.17, 15) is 4.79 Å². The van der Waals surface area contributed by atoms with Crippen LogP contribution in [-0.4, -0.2) is 29.3 Å². The maximum absolute atomic E-state index is 11.7. The van der Waals surface area contributed by atoms with Gasteiger partial charge in [-0.3, -0.25) is 4.79 Å². The van der Waals surface area contributed by atoms with E-state index in [-0.39, 0.29) is 11.6 Å². The highest BCUT2D eigenvalue weighted by atomic mass is 16.5. The molecule has 0 bridgehead atoms. The third-order valence-corrected chi connectivity index (χ3v) is 2.49. The lowest BCUT2D eigenvalue weighted by Gasteiger charge is -2.21. The Hall–Kier alpha value is -1.36. The number of anilines is 1. The first-order valence-corrected chi connectivity index (χ1v) is 5.33. The van der Waals surface area contributed by atoms with Gasteiger partial charge in [-0.15, -0.1) is 0 Å². The van der Waals surface area contributed by atoms with Gasteiger partial charge in [0.05, 0.1) is 12.6 Å². The van der Waals surface area contributed by atoms with E-state index in [1.165, 1.54) is 4.57 Å². The maximum Gasteiger partial charge on any atom is 0.293 e. The third kappa shape index (κ3) is 3.06. The zero-order chi connectivity index (χ0) is 12.1. The van der Waals surface area contributed by atoms with E-state index in [1.807, 2.05) is 0 Å². The van der Waals surface area contributed by atoms with E-state index >= 15 is 0 Å². The number of aromatic nitrogens is 2. The predicted molar refractivity (Wildman–Crippen MR) is 63.6 cm³/mol. The molecule has 0 aliphatic carbocycles. The molecule has 1 atom stereocenters. The van der Waals surface area contributed by atoms with Crippen molar-refractivity contribution < 1.29 is 4.74 Å². The van der Waals surface area contributed by atoms with E-state index in [4.69, 9.17) is 4.74 Å². The molecule has 0 aliphatic rings. The van der Waals surface area contributed by atoms with Gasteiger partial charge in [0, 0.05) is 26.6 Å². The smallest absolute Gasteiger partial charge is 0.293 e. The van der Waals surface area contributed by atoms with Gasteiger partial charge in [0.1, 0.15) is 0 Å².